The fraction of sp³-hybridized carbons (Fsp3) is 0.250. The van der Waals surface area contributed by atoms with E-state index in [2.05, 4.69) is 49.5 Å². The van der Waals surface area contributed by atoms with Gasteiger partial charge in [-0.15, -0.1) is 0 Å². The molecular formula is C16H20N2. The van der Waals surface area contributed by atoms with Gasteiger partial charge in [-0.05, 0) is 36.1 Å². The highest BCUT2D eigenvalue weighted by molar-refractivity contribution is 5.69. The number of hydrogen-bond acceptors (Lipinski definition) is 2. The summed E-state index contributed by atoms with van der Waals surface area (Å²) in [6, 6.07) is 14.6. The first kappa shape index (κ1) is 12.7. The van der Waals surface area contributed by atoms with E-state index in [1.807, 2.05) is 12.1 Å². The molecule has 2 aromatic carbocycles. The maximum absolute atomic E-state index is 5.77. The highest BCUT2D eigenvalue weighted by atomic mass is 14.9. The maximum Gasteiger partial charge on any atom is 0.0446 e. The van der Waals surface area contributed by atoms with Gasteiger partial charge in [0.25, 0.3) is 0 Å². The van der Waals surface area contributed by atoms with Crippen LogP contribution < -0.4 is 11.1 Å². The van der Waals surface area contributed by atoms with E-state index in [1.54, 1.807) is 0 Å². The lowest BCUT2D eigenvalue weighted by atomic mass is 10.0. The molecule has 0 aliphatic carbocycles. The van der Waals surface area contributed by atoms with Gasteiger partial charge in [0.15, 0.2) is 0 Å². The quantitative estimate of drug-likeness (QED) is 0.854. The standard InChI is InChI=1S/C16H20N2/c1-3-13-9-6-7-12(2)16(13)18-15-10-5-4-8-14(15)11-17/h4-10,18H,3,11,17H2,1-2H3. The second kappa shape index (κ2) is 5.69. The molecule has 0 heterocycles. The molecule has 0 radical (unpaired) electrons. The van der Waals surface area contributed by atoms with Crippen LogP contribution in [-0.4, -0.2) is 0 Å². The van der Waals surface area contributed by atoms with Crippen molar-refractivity contribution in [3.05, 3.63) is 59.2 Å². The Morgan fingerprint density at radius 3 is 2.44 bits per heavy atom. The Morgan fingerprint density at radius 2 is 1.72 bits per heavy atom. The number of hydrogen-bond donors (Lipinski definition) is 2. The van der Waals surface area contributed by atoms with Crippen LogP contribution in [0, 0.1) is 6.92 Å². The van der Waals surface area contributed by atoms with Crippen LogP contribution >= 0.6 is 0 Å². The molecule has 0 atom stereocenters. The molecule has 3 N–H and O–H groups in total. The Hall–Kier alpha value is -1.80. The van der Waals surface area contributed by atoms with Crippen LogP contribution in [0.5, 0.6) is 0 Å². The van der Waals surface area contributed by atoms with E-state index < -0.39 is 0 Å². The van der Waals surface area contributed by atoms with E-state index >= 15 is 0 Å². The van der Waals surface area contributed by atoms with Gasteiger partial charge in [-0.3, -0.25) is 0 Å². The minimum atomic E-state index is 0.552. The molecule has 0 aliphatic heterocycles. The molecule has 2 rings (SSSR count). The predicted molar refractivity (Wildman–Crippen MR) is 78.2 cm³/mol. The Kier molecular flexibility index (Phi) is 4.00. The molecule has 2 heteroatoms. The molecule has 0 saturated carbocycles. The Balaban J connectivity index is 2.39. The van der Waals surface area contributed by atoms with E-state index in [9.17, 15) is 0 Å². The van der Waals surface area contributed by atoms with Gasteiger partial charge in [-0.25, -0.2) is 0 Å². The van der Waals surface area contributed by atoms with E-state index in [0.29, 0.717) is 6.54 Å². The van der Waals surface area contributed by atoms with Crippen LogP contribution in [0.1, 0.15) is 23.6 Å². The smallest absolute Gasteiger partial charge is 0.0446 e. The summed E-state index contributed by atoms with van der Waals surface area (Å²) in [6.07, 6.45) is 1.02. The van der Waals surface area contributed by atoms with Gasteiger partial charge in [0.2, 0.25) is 0 Å². The lowest BCUT2D eigenvalue weighted by molar-refractivity contribution is 1.07. The maximum atomic E-state index is 5.77. The monoisotopic (exact) mass is 240 g/mol. The lowest BCUT2D eigenvalue weighted by Gasteiger charge is -2.16. The molecule has 0 amide bonds. The number of benzene rings is 2. The first-order chi connectivity index (χ1) is 8.76. The summed E-state index contributed by atoms with van der Waals surface area (Å²) in [4.78, 5) is 0. The molecule has 0 unspecified atom stereocenters. The molecule has 0 spiro atoms. The number of nitrogens with one attached hydrogen (secondary N) is 1. The van der Waals surface area contributed by atoms with Crippen molar-refractivity contribution in [1.29, 1.82) is 0 Å². The zero-order valence-corrected chi connectivity index (χ0v) is 11.0. The highest BCUT2D eigenvalue weighted by Gasteiger charge is 2.06. The topological polar surface area (TPSA) is 38.0 Å². The minimum Gasteiger partial charge on any atom is -0.355 e. The van der Waals surface area contributed by atoms with Gasteiger partial charge >= 0.3 is 0 Å². The normalized spacial score (nSPS) is 10.4. The number of para-hydroxylation sites is 2. The van der Waals surface area contributed by atoms with Crippen LogP contribution in [0.25, 0.3) is 0 Å². The summed E-state index contributed by atoms with van der Waals surface area (Å²) in [5, 5.41) is 3.53. The number of anilines is 2. The average Bonchev–Trinajstić information content (AvgIpc) is 2.41. The van der Waals surface area contributed by atoms with Crippen molar-refractivity contribution in [2.24, 2.45) is 5.73 Å². The molecule has 2 aromatic rings. The number of nitrogens with two attached hydrogens (primary N) is 1. The van der Waals surface area contributed by atoms with Gasteiger partial charge in [0, 0.05) is 17.9 Å². The Morgan fingerprint density at radius 1 is 1.00 bits per heavy atom. The molecule has 2 nitrogen and oxygen atoms in total. The fourth-order valence-corrected chi connectivity index (χ4v) is 2.16. The molecular weight excluding hydrogens is 220 g/mol. The van der Waals surface area contributed by atoms with Crippen molar-refractivity contribution in [1.82, 2.24) is 0 Å². The van der Waals surface area contributed by atoms with Crippen molar-refractivity contribution in [3.8, 4) is 0 Å². The van der Waals surface area contributed by atoms with Crippen LogP contribution in [0.3, 0.4) is 0 Å². The molecule has 18 heavy (non-hydrogen) atoms. The van der Waals surface area contributed by atoms with Crippen molar-refractivity contribution >= 4 is 11.4 Å². The van der Waals surface area contributed by atoms with Crippen LogP contribution in [0.15, 0.2) is 42.5 Å². The second-order valence-electron chi connectivity index (χ2n) is 4.45. The van der Waals surface area contributed by atoms with Gasteiger partial charge in [0.1, 0.15) is 0 Å². The number of rotatable bonds is 4. The first-order valence-corrected chi connectivity index (χ1v) is 6.39. The van der Waals surface area contributed by atoms with Crippen molar-refractivity contribution in [3.63, 3.8) is 0 Å². The third-order valence-corrected chi connectivity index (χ3v) is 3.24. The third kappa shape index (κ3) is 2.54. The summed E-state index contributed by atoms with van der Waals surface area (Å²) in [5.74, 6) is 0. The van der Waals surface area contributed by atoms with Gasteiger partial charge in [0.05, 0.1) is 0 Å². The largest absolute Gasteiger partial charge is 0.355 e. The zero-order chi connectivity index (χ0) is 13.0. The second-order valence-corrected chi connectivity index (χ2v) is 4.45. The number of aryl methyl sites for hydroxylation is 2. The molecule has 94 valence electrons. The van der Waals surface area contributed by atoms with E-state index in [0.717, 1.165) is 17.7 Å². The summed E-state index contributed by atoms with van der Waals surface area (Å²) >= 11 is 0. The molecule has 0 aromatic heterocycles. The minimum absolute atomic E-state index is 0.552. The first-order valence-electron chi connectivity index (χ1n) is 6.39. The van der Waals surface area contributed by atoms with Gasteiger partial charge in [-0.1, -0.05) is 43.3 Å². The molecule has 0 fully saturated rings. The van der Waals surface area contributed by atoms with E-state index in [4.69, 9.17) is 5.73 Å². The lowest BCUT2D eigenvalue weighted by Crippen LogP contribution is -2.04. The van der Waals surface area contributed by atoms with Crippen molar-refractivity contribution in [2.75, 3.05) is 5.32 Å². The summed E-state index contributed by atoms with van der Waals surface area (Å²) in [7, 11) is 0. The van der Waals surface area contributed by atoms with E-state index in [-0.39, 0.29) is 0 Å². The average molecular weight is 240 g/mol. The Bertz CT molecular complexity index is 532. The van der Waals surface area contributed by atoms with Crippen LogP contribution in [0.4, 0.5) is 11.4 Å². The molecule has 0 saturated heterocycles. The van der Waals surface area contributed by atoms with Crippen LogP contribution in [-0.2, 0) is 13.0 Å². The zero-order valence-electron chi connectivity index (χ0n) is 11.0. The summed E-state index contributed by atoms with van der Waals surface area (Å²) in [6.45, 7) is 4.86. The van der Waals surface area contributed by atoms with Crippen LogP contribution in [0.2, 0.25) is 0 Å². The fourth-order valence-electron chi connectivity index (χ4n) is 2.16. The van der Waals surface area contributed by atoms with Crippen molar-refractivity contribution < 1.29 is 0 Å². The summed E-state index contributed by atoms with van der Waals surface area (Å²) < 4.78 is 0. The third-order valence-electron chi connectivity index (χ3n) is 3.24. The van der Waals surface area contributed by atoms with Gasteiger partial charge < -0.3 is 11.1 Å². The predicted octanol–water partition coefficient (Wildman–Crippen LogP) is 3.76. The highest BCUT2D eigenvalue weighted by Crippen LogP contribution is 2.27. The Labute approximate surface area is 109 Å². The molecule has 0 bridgehead atoms. The molecule has 0 aliphatic rings. The summed E-state index contributed by atoms with van der Waals surface area (Å²) in [5.41, 5.74) is 11.8. The SMILES string of the molecule is CCc1cccc(C)c1Nc1ccccc1CN. The van der Waals surface area contributed by atoms with Gasteiger partial charge in [-0.2, -0.15) is 0 Å². The van der Waals surface area contributed by atoms with E-state index in [1.165, 1.54) is 16.8 Å². The van der Waals surface area contributed by atoms with Crippen molar-refractivity contribution in [2.45, 2.75) is 26.8 Å².